The van der Waals surface area contributed by atoms with Gasteiger partial charge in [-0.05, 0) is 26.7 Å². The van der Waals surface area contributed by atoms with Crippen LogP contribution in [0.25, 0.3) is 0 Å². The lowest BCUT2D eigenvalue weighted by molar-refractivity contribution is 0.0647. The number of rotatable bonds is 5. The molecule has 1 heterocycles. The predicted octanol–water partition coefficient (Wildman–Crippen LogP) is 0.700. The Morgan fingerprint density at radius 2 is 2.12 bits per heavy atom. The van der Waals surface area contributed by atoms with E-state index < -0.39 is 11.6 Å². The minimum absolute atomic E-state index is 0.00162. The van der Waals surface area contributed by atoms with Gasteiger partial charge in [0.2, 0.25) is 0 Å². The standard InChI is InChI=1S/C10H17N3O3/c1-4-7-8(9(14)15)11-12-13(7)6-5-10(2,3)16/h16H,4-6H2,1-3H3,(H,14,15). The molecule has 1 aromatic heterocycles. The summed E-state index contributed by atoms with van der Waals surface area (Å²) in [5, 5.41) is 25.9. The van der Waals surface area contributed by atoms with E-state index in [1.165, 1.54) is 0 Å². The summed E-state index contributed by atoms with van der Waals surface area (Å²) in [6.45, 7) is 5.72. The van der Waals surface area contributed by atoms with E-state index in [1.54, 1.807) is 18.5 Å². The maximum atomic E-state index is 10.8. The summed E-state index contributed by atoms with van der Waals surface area (Å²) >= 11 is 0. The molecule has 0 atom stereocenters. The molecule has 16 heavy (non-hydrogen) atoms. The molecule has 6 heteroatoms. The van der Waals surface area contributed by atoms with Crippen molar-refractivity contribution in [3.8, 4) is 0 Å². The highest BCUT2D eigenvalue weighted by molar-refractivity contribution is 5.86. The normalized spacial score (nSPS) is 11.8. The molecule has 2 N–H and O–H groups in total. The van der Waals surface area contributed by atoms with Crippen LogP contribution in [-0.4, -0.2) is 36.8 Å². The second-order valence-electron chi connectivity index (χ2n) is 4.33. The maximum absolute atomic E-state index is 10.8. The number of hydrogen-bond acceptors (Lipinski definition) is 4. The number of aliphatic hydroxyl groups is 1. The number of hydrogen-bond donors (Lipinski definition) is 2. The molecule has 0 aromatic carbocycles. The molecule has 0 spiro atoms. The molecule has 1 aromatic rings. The van der Waals surface area contributed by atoms with Crippen molar-refractivity contribution in [3.63, 3.8) is 0 Å². The molecular formula is C10H17N3O3. The SMILES string of the molecule is CCc1c(C(=O)O)nnn1CCC(C)(C)O. The van der Waals surface area contributed by atoms with Crippen LogP contribution in [0.15, 0.2) is 0 Å². The van der Waals surface area contributed by atoms with E-state index >= 15 is 0 Å². The highest BCUT2D eigenvalue weighted by Crippen LogP contribution is 2.12. The van der Waals surface area contributed by atoms with Gasteiger partial charge in [-0.3, -0.25) is 0 Å². The van der Waals surface area contributed by atoms with Gasteiger partial charge in [0.15, 0.2) is 5.69 Å². The summed E-state index contributed by atoms with van der Waals surface area (Å²) in [6, 6.07) is 0. The first kappa shape index (κ1) is 12.6. The topological polar surface area (TPSA) is 88.2 Å². The number of carboxylic acid groups (broad SMARTS) is 1. The molecule has 0 unspecified atom stereocenters. The molecule has 1 rings (SSSR count). The minimum Gasteiger partial charge on any atom is -0.476 e. The van der Waals surface area contributed by atoms with Gasteiger partial charge in [0.1, 0.15) is 0 Å². The molecule has 0 aliphatic rings. The Morgan fingerprint density at radius 3 is 2.56 bits per heavy atom. The van der Waals surface area contributed by atoms with Gasteiger partial charge in [-0.2, -0.15) is 0 Å². The van der Waals surface area contributed by atoms with Crippen molar-refractivity contribution in [2.45, 2.75) is 45.8 Å². The van der Waals surface area contributed by atoms with E-state index in [-0.39, 0.29) is 5.69 Å². The van der Waals surface area contributed by atoms with Crippen LogP contribution in [0.1, 0.15) is 43.4 Å². The Bertz CT molecular complexity index is 379. The smallest absolute Gasteiger partial charge is 0.358 e. The molecule has 0 radical (unpaired) electrons. The minimum atomic E-state index is -1.06. The summed E-state index contributed by atoms with van der Waals surface area (Å²) in [4.78, 5) is 10.8. The Balaban J connectivity index is 2.85. The van der Waals surface area contributed by atoms with Crippen LogP contribution in [0.3, 0.4) is 0 Å². The third-order valence-electron chi connectivity index (χ3n) is 2.31. The van der Waals surface area contributed by atoms with Crippen LogP contribution in [0.2, 0.25) is 0 Å². The van der Waals surface area contributed by atoms with E-state index in [4.69, 9.17) is 5.11 Å². The zero-order valence-electron chi connectivity index (χ0n) is 9.77. The van der Waals surface area contributed by atoms with E-state index in [0.29, 0.717) is 25.1 Å². The van der Waals surface area contributed by atoms with Gasteiger partial charge >= 0.3 is 5.97 Å². The lowest BCUT2D eigenvalue weighted by Crippen LogP contribution is -2.22. The number of nitrogens with zero attached hydrogens (tertiary/aromatic N) is 3. The number of carbonyl (C=O) groups is 1. The van der Waals surface area contributed by atoms with Crippen molar-refractivity contribution in [2.75, 3.05) is 0 Å². The maximum Gasteiger partial charge on any atom is 0.358 e. The van der Waals surface area contributed by atoms with Gasteiger partial charge in [-0.1, -0.05) is 12.1 Å². The van der Waals surface area contributed by atoms with Crippen molar-refractivity contribution in [1.82, 2.24) is 15.0 Å². The third kappa shape index (κ3) is 3.03. The van der Waals surface area contributed by atoms with Gasteiger partial charge in [-0.25, -0.2) is 9.48 Å². The van der Waals surface area contributed by atoms with Crippen molar-refractivity contribution in [1.29, 1.82) is 0 Å². The quantitative estimate of drug-likeness (QED) is 0.773. The van der Waals surface area contributed by atoms with Crippen LogP contribution >= 0.6 is 0 Å². The van der Waals surface area contributed by atoms with Crippen LogP contribution in [-0.2, 0) is 13.0 Å². The molecular weight excluding hydrogens is 210 g/mol. The molecule has 6 nitrogen and oxygen atoms in total. The number of aryl methyl sites for hydroxylation is 1. The van der Waals surface area contributed by atoms with Crippen LogP contribution in [0.5, 0.6) is 0 Å². The fourth-order valence-corrected chi connectivity index (χ4v) is 1.41. The zero-order valence-corrected chi connectivity index (χ0v) is 9.77. The van der Waals surface area contributed by atoms with Gasteiger partial charge in [0.25, 0.3) is 0 Å². The summed E-state index contributed by atoms with van der Waals surface area (Å²) in [7, 11) is 0. The molecule has 0 bridgehead atoms. The fraction of sp³-hybridized carbons (Fsp3) is 0.700. The first-order chi connectivity index (χ1) is 7.35. The largest absolute Gasteiger partial charge is 0.476 e. The first-order valence-corrected chi connectivity index (χ1v) is 5.23. The van der Waals surface area contributed by atoms with Gasteiger partial charge < -0.3 is 10.2 Å². The fourth-order valence-electron chi connectivity index (χ4n) is 1.41. The Hall–Kier alpha value is -1.43. The lowest BCUT2D eigenvalue weighted by atomic mass is 10.1. The Labute approximate surface area is 93.9 Å². The number of carboxylic acids is 1. The molecule has 0 saturated carbocycles. The number of aromatic nitrogens is 3. The third-order valence-corrected chi connectivity index (χ3v) is 2.31. The average molecular weight is 227 g/mol. The summed E-state index contributed by atoms with van der Waals surface area (Å²) < 4.78 is 1.54. The molecule has 0 aliphatic heterocycles. The molecule has 90 valence electrons. The molecule has 0 fully saturated rings. The Kier molecular flexibility index (Phi) is 3.64. The summed E-state index contributed by atoms with van der Waals surface area (Å²) in [5.41, 5.74) is -0.199. The molecule has 0 saturated heterocycles. The molecule has 0 aliphatic carbocycles. The highest BCUT2D eigenvalue weighted by Gasteiger charge is 2.19. The molecule has 0 amide bonds. The lowest BCUT2D eigenvalue weighted by Gasteiger charge is -2.16. The first-order valence-electron chi connectivity index (χ1n) is 5.23. The zero-order chi connectivity index (χ0) is 12.3. The average Bonchev–Trinajstić information content (AvgIpc) is 2.56. The van der Waals surface area contributed by atoms with Crippen molar-refractivity contribution < 1.29 is 15.0 Å². The van der Waals surface area contributed by atoms with Gasteiger partial charge in [-0.15, -0.1) is 5.10 Å². The van der Waals surface area contributed by atoms with Crippen LogP contribution < -0.4 is 0 Å². The van der Waals surface area contributed by atoms with Crippen molar-refractivity contribution >= 4 is 5.97 Å². The van der Waals surface area contributed by atoms with Crippen LogP contribution in [0, 0.1) is 0 Å². The predicted molar refractivity (Wildman–Crippen MR) is 57.3 cm³/mol. The van der Waals surface area contributed by atoms with Crippen LogP contribution in [0.4, 0.5) is 0 Å². The van der Waals surface area contributed by atoms with Crippen molar-refractivity contribution in [3.05, 3.63) is 11.4 Å². The van der Waals surface area contributed by atoms with Gasteiger partial charge in [0.05, 0.1) is 11.3 Å². The highest BCUT2D eigenvalue weighted by atomic mass is 16.4. The van der Waals surface area contributed by atoms with Gasteiger partial charge in [0, 0.05) is 6.54 Å². The van der Waals surface area contributed by atoms with E-state index in [2.05, 4.69) is 10.3 Å². The van der Waals surface area contributed by atoms with E-state index in [9.17, 15) is 9.90 Å². The number of aromatic carboxylic acids is 1. The summed E-state index contributed by atoms with van der Waals surface area (Å²) in [6.07, 6.45) is 1.06. The van der Waals surface area contributed by atoms with E-state index in [0.717, 1.165) is 0 Å². The second kappa shape index (κ2) is 4.61. The van der Waals surface area contributed by atoms with E-state index in [1.807, 2.05) is 6.92 Å². The Morgan fingerprint density at radius 1 is 1.50 bits per heavy atom. The summed E-state index contributed by atoms with van der Waals surface area (Å²) in [5.74, 6) is -1.06. The second-order valence-corrected chi connectivity index (χ2v) is 4.33. The monoisotopic (exact) mass is 227 g/mol. The van der Waals surface area contributed by atoms with Crippen molar-refractivity contribution in [2.24, 2.45) is 0 Å².